The number of aromatic nitrogens is 1. The van der Waals surface area contributed by atoms with Gasteiger partial charge in [-0.05, 0) is 44.5 Å². The first-order chi connectivity index (χ1) is 8.63. The molecule has 1 N–H and O–H groups in total. The lowest BCUT2D eigenvalue weighted by Gasteiger charge is -2.29. The number of ether oxygens (including phenoxy) is 1. The van der Waals surface area contributed by atoms with E-state index in [0.29, 0.717) is 6.04 Å². The number of hydrogen-bond acceptors (Lipinski definition) is 4. The van der Waals surface area contributed by atoms with Gasteiger partial charge in [-0.1, -0.05) is 0 Å². The molecule has 2 unspecified atom stereocenters. The Balaban J connectivity index is 2.17. The van der Waals surface area contributed by atoms with Crippen LogP contribution in [0.25, 0.3) is 0 Å². The molecule has 1 aliphatic heterocycles. The molecule has 18 heavy (non-hydrogen) atoms. The first-order valence-electron chi connectivity index (χ1n) is 6.58. The molecular weight excluding hydrogens is 226 g/mol. The lowest BCUT2D eigenvalue weighted by atomic mass is 10.1. The van der Waals surface area contributed by atoms with Gasteiger partial charge < -0.3 is 15.0 Å². The van der Waals surface area contributed by atoms with E-state index in [-0.39, 0.29) is 6.10 Å². The number of likely N-dealkylation sites (N-methyl/N-ethyl adjacent to an activating group) is 1. The number of nitrogens with zero attached hydrogens (tertiary/aromatic N) is 2. The Morgan fingerprint density at radius 1 is 1.56 bits per heavy atom. The summed E-state index contributed by atoms with van der Waals surface area (Å²) in [5.41, 5.74) is 2.45. The normalized spacial score (nSPS) is 23.3. The fraction of sp³-hybridized carbons (Fsp3) is 0.643. The predicted molar refractivity (Wildman–Crippen MR) is 74.0 cm³/mol. The summed E-state index contributed by atoms with van der Waals surface area (Å²) in [5, 5.41) is 3.15. The molecule has 0 amide bonds. The molecular formula is C14H23N3O. The Labute approximate surface area is 109 Å². The van der Waals surface area contributed by atoms with Crippen molar-refractivity contribution in [2.75, 3.05) is 25.6 Å². The van der Waals surface area contributed by atoms with E-state index in [1.54, 1.807) is 0 Å². The van der Waals surface area contributed by atoms with Gasteiger partial charge in [0.05, 0.1) is 12.1 Å². The number of aryl methyl sites for hydroxylation is 1. The molecule has 0 aromatic carbocycles. The van der Waals surface area contributed by atoms with E-state index in [1.807, 2.05) is 13.2 Å². The van der Waals surface area contributed by atoms with Crippen molar-refractivity contribution in [3.8, 4) is 0 Å². The fourth-order valence-electron chi connectivity index (χ4n) is 2.68. The Kier molecular flexibility index (Phi) is 4.19. The highest BCUT2D eigenvalue weighted by Crippen LogP contribution is 2.25. The number of pyridine rings is 1. The molecule has 0 saturated carbocycles. The number of rotatable bonds is 4. The molecule has 1 fully saturated rings. The Bertz CT molecular complexity index is 408. The maximum Gasteiger partial charge on any atom is 0.131 e. The van der Waals surface area contributed by atoms with E-state index in [2.05, 4.69) is 42.2 Å². The first kappa shape index (κ1) is 13.3. The lowest BCUT2D eigenvalue weighted by Crippen LogP contribution is -2.37. The maximum atomic E-state index is 5.63. The molecule has 0 aliphatic carbocycles. The van der Waals surface area contributed by atoms with Gasteiger partial charge in [-0.25, -0.2) is 4.98 Å². The molecule has 4 heteroatoms. The summed E-state index contributed by atoms with van der Waals surface area (Å²) < 4.78 is 5.63. The van der Waals surface area contributed by atoms with E-state index >= 15 is 0 Å². The zero-order chi connectivity index (χ0) is 13.1. The minimum absolute atomic E-state index is 0.285. The van der Waals surface area contributed by atoms with E-state index in [1.165, 1.54) is 11.1 Å². The number of anilines is 1. The minimum atomic E-state index is 0.285. The van der Waals surface area contributed by atoms with E-state index in [0.717, 1.165) is 25.4 Å². The molecule has 2 heterocycles. The van der Waals surface area contributed by atoms with Crippen molar-refractivity contribution in [2.24, 2.45) is 0 Å². The van der Waals surface area contributed by atoms with Gasteiger partial charge in [0.2, 0.25) is 0 Å². The van der Waals surface area contributed by atoms with Crippen LogP contribution in [0.3, 0.4) is 0 Å². The van der Waals surface area contributed by atoms with Crippen LogP contribution in [0.1, 0.15) is 24.5 Å². The standard InChI is InChI=1S/C14H23N3O/c1-10-7-12(8-15-3)9-16-14(10)17(4)13-5-6-18-11(13)2/h7,9,11,13,15H,5-6,8H2,1-4H3. The molecule has 2 atom stereocenters. The predicted octanol–water partition coefficient (Wildman–Crippen LogP) is 1.72. The second-order valence-electron chi connectivity index (χ2n) is 5.06. The molecule has 1 aromatic heterocycles. The van der Waals surface area contributed by atoms with Crippen LogP contribution in [0.15, 0.2) is 12.3 Å². The van der Waals surface area contributed by atoms with E-state index < -0.39 is 0 Å². The van der Waals surface area contributed by atoms with E-state index in [9.17, 15) is 0 Å². The SMILES string of the molecule is CNCc1cnc(N(C)C2CCOC2C)c(C)c1. The number of hydrogen-bond donors (Lipinski definition) is 1. The third-order valence-corrected chi connectivity index (χ3v) is 3.66. The second kappa shape index (κ2) is 5.67. The molecule has 1 aliphatic rings. The van der Waals surface area contributed by atoms with Crippen molar-refractivity contribution < 1.29 is 4.74 Å². The molecule has 0 radical (unpaired) electrons. The van der Waals surface area contributed by atoms with Crippen molar-refractivity contribution >= 4 is 5.82 Å². The zero-order valence-electron chi connectivity index (χ0n) is 11.7. The summed E-state index contributed by atoms with van der Waals surface area (Å²) in [4.78, 5) is 6.87. The fourth-order valence-corrected chi connectivity index (χ4v) is 2.68. The highest BCUT2D eigenvalue weighted by molar-refractivity contribution is 5.48. The van der Waals surface area contributed by atoms with Gasteiger partial charge in [0.1, 0.15) is 5.82 Å². The zero-order valence-corrected chi connectivity index (χ0v) is 11.7. The van der Waals surface area contributed by atoms with Crippen molar-refractivity contribution in [3.05, 3.63) is 23.4 Å². The average Bonchev–Trinajstić information content (AvgIpc) is 2.75. The topological polar surface area (TPSA) is 37.4 Å². The Morgan fingerprint density at radius 2 is 2.33 bits per heavy atom. The Morgan fingerprint density at radius 3 is 2.89 bits per heavy atom. The molecule has 4 nitrogen and oxygen atoms in total. The number of nitrogens with one attached hydrogen (secondary N) is 1. The summed E-state index contributed by atoms with van der Waals surface area (Å²) in [6.07, 6.45) is 3.32. The third kappa shape index (κ3) is 2.65. The maximum absolute atomic E-state index is 5.63. The summed E-state index contributed by atoms with van der Waals surface area (Å²) in [7, 11) is 4.07. The van der Waals surface area contributed by atoms with Crippen LogP contribution in [-0.2, 0) is 11.3 Å². The molecule has 100 valence electrons. The van der Waals surface area contributed by atoms with Crippen LogP contribution in [-0.4, -0.2) is 37.8 Å². The van der Waals surface area contributed by atoms with Crippen LogP contribution in [0, 0.1) is 6.92 Å². The van der Waals surface area contributed by atoms with Crippen LogP contribution < -0.4 is 10.2 Å². The lowest BCUT2D eigenvalue weighted by molar-refractivity contribution is 0.118. The van der Waals surface area contributed by atoms with Crippen LogP contribution in [0.5, 0.6) is 0 Å². The van der Waals surface area contributed by atoms with Crippen LogP contribution in [0.4, 0.5) is 5.82 Å². The van der Waals surface area contributed by atoms with Gasteiger partial charge in [-0.2, -0.15) is 0 Å². The largest absolute Gasteiger partial charge is 0.376 e. The molecule has 1 saturated heterocycles. The highest BCUT2D eigenvalue weighted by atomic mass is 16.5. The summed E-state index contributed by atoms with van der Waals surface area (Å²) >= 11 is 0. The summed E-state index contributed by atoms with van der Waals surface area (Å²) in [6.45, 7) is 5.98. The second-order valence-corrected chi connectivity index (χ2v) is 5.06. The smallest absolute Gasteiger partial charge is 0.131 e. The van der Waals surface area contributed by atoms with Gasteiger partial charge in [-0.3, -0.25) is 0 Å². The Hall–Kier alpha value is -1.13. The van der Waals surface area contributed by atoms with Gasteiger partial charge in [0, 0.05) is 26.4 Å². The van der Waals surface area contributed by atoms with Gasteiger partial charge in [0.15, 0.2) is 0 Å². The van der Waals surface area contributed by atoms with Gasteiger partial charge in [-0.15, -0.1) is 0 Å². The minimum Gasteiger partial charge on any atom is -0.376 e. The van der Waals surface area contributed by atoms with Gasteiger partial charge >= 0.3 is 0 Å². The van der Waals surface area contributed by atoms with Crippen molar-refractivity contribution in [1.29, 1.82) is 0 Å². The van der Waals surface area contributed by atoms with Crippen molar-refractivity contribution in [1.82, 2.24) is 10.3 Å². The van der Waals surface area contributed by atoms with E-state index in [4.69, 9.17) is 4.74 Å². The van der Waals surface area contributed by atoms with Crippen LogP contribution >= 0.6 is 0 Å². The average molecular weight is 249 g/mol. The molecule has 0 spiro atoms. The quantitative estimate of drug-likeness (QED) is 0.881. The monoisotopic (exact) mass is 249 g/mol. The molecule has 2 rings (SSSR count). The van der Waals surface area contributed by atoms with Crippen molar-refractivity contribution in [2.45, 2.75) is 39.0 Å². The summed E-state index contributed by atoms with van der Waals surface area (Å²) in [6, 6.07) is 2.64. The van der Waals surface area contributed by atoms with Crippen molar-refractivity contribution in [3.63, 3.8) is 0 Å². The van der Waals surface area contributed by atoms with Crippen LogP contribution in [0.2, 0.25) is 0 Å². The third-order valence-electron chi connectivity index (χ3n) is 3.66. The summed E-state index contributed by atoms with van der Waals surface area (Å²) in [5.74, 6) is 1.07. The first-order valence-corrected chi connectivity index (χ1v) is 6.58. The highest BCUT2D eigenvalue weighted by Gasteiger charge is 2.29. The van der Waals surface area contributed by atoms with Gasteiger partial charge in [0.25, 0.3) is 0 Å². The molecule has 0 bridgehead atoms. The molecule has 1 aromatic rings.